The lowest BCUT2D eigenvalue weighted by atomic mass is 10.1. The summed E-state index contributed by atoms with van der Waals surface area (Å²) in [4.78, 5) is 27.1. The molecule has 1 amide bonds. The average molecular weight is 306 g/mol. The highest BCUT2D eigenvalue weighted by atomic mass is 19.1. The second kappa shape index (κ2) is 6.84. The van der Waals surface area contributed by atoms with Crippen LogP contribution in [0.2, 0.25) is 0 Å². The second-order valence-corrected chi connectivity index (χ2v) is 4.69. The lowest BCUT2D eigenvalue weighted by molar-refractivity contribution is -0.139. The third kappa shape index (κ3) is 3.49. The first-order valence-electron chi connectivity index (χ1n) is 6.76. The molecule has 0 saturated carbocycles. The number of carbonyl (C=O) groups excluding carboxylic acids is 1. The van der Waals surface area contributed by atoms with Crippen molar-refractivity contribution >= 4 is 11.9 Å². The number of halogens is 1. The molecule has 0 spiro atoms. The number of rotatable bonds is 6. The predicted octanol–water partition coefficient (Wildman–Crippen LogP) is 2.46. The molecule has 0 aliphatic heterocycles. The first-order chi connectivity index (χ1) is 10.5. The van der Waals surface area contributed by atoms with Crippen LogP contribution in [0.25, 0.3) is 11.3 Å². The number of oxazole rings is 1. The van der Waals surface area contributed by atoms with E-state index in [1.54, 1.807) is 0 Å². The summed E-state index contributed by atoms with van der Waals surface area (Å²) < 4.78 is 18.1. The van der Waals surface area contributed by atoms with E-state index in [0.717, 1.165) is 6.39 Å². The smallest absolute Gasteiger partial charge is 0.326 e. The normalized spacial score (nSPS) is 11.9. The lowest BCUT2D eigenvalue weighted by Gasteiger charge is -2.12. The van der Waals surface area contributed by atoms with Crippen molar-refractivity contribution in [2.45, 2.75) is 25.8 Å². The third-order valence-corrected chi connectivity index (χ3v) is 3.07. The molecule has 1 heterocycles. The summed E-state index contributed by atoms with van der Waals surface area (Å²) >= 11 is 0. The fraction of sp³-hybridized carbons (Fsp3) is 0.267. The van der Waals surface area contributed by atoms with E-state index in [9.17, 15) is 14.0 Å². The van der Waals surface area contributed by atoms with Crippen molar-refractivity contribution in [3.8, 4) is 11.3 Å². The number of nitrogens with zero attached hydrogens (tertiary/aromatic N) is 1. The van der Waals surface area contributed by atoms with Crippen LogP contribution in [0.3, 0.4) is 0 Å². The molecule has 22 heavy (non-hydrogen) atoms. The Kier molecular flexibility index (Phi) is 4.88. The summed E-state index contributed by atoms with van der Waals surface area (Å²) in [7, 11) is 0. The van der Waals surface area contributed by atoms with Crippen molar-refractivity contribution in [2.75, 3.05) is 0 Å². The molecule has 0 saturated heterocycles. The molecule has 2 N–H and O–H groups in total. The SMILES string of the molecule is CCCC(NC(=O)c1ncoc1-c1ccc(F)cc1)C(=O)O. The van der Waals surface area contributed by atoms with Crippen molar-refractivity contribution in [1.29, 1.82) is 0 Å². The minimum absolute atomic E-state index is 0.0334. The quantitative estimate of drug-likeness (QED) is 0.855. The molecule has 0 radical (unpaired) electrons. The van der Waals surface area contributed by atoms with Gasteiger partial charge in [0.1, 0.15) is 11.9 Å². The molecule has 0 aliphatic carbocycles. The van der Waals surface area contributed by atoms with E-state index in [1.807, 2.05) is 6.92 Å². The van der Waals surface area contributed by atoms with E-state index in [1.165, 1.54) is 24.3 Å². The Morgan fingerprint density at radius 1 is 1.36 bits per heavy atom. The number of aromatic nitrogens is 1. The molecule has 2 rings (SSSR count). The Balaban J connectivity index is 2.23. The zero-order valence-electron chi connectivity index (χ0n) is 11.9. The monoisotopic (exact) mass is 306 g/mol. The molecule has 1 aromatic heterocycles. The first kappa shape index (κ1) is 15.7. The number of carboxylic acids is 1. The highest BCUT2D eigenvalue weighted by molar-refractivity contribution is 5.99. The van der Waals surface area contributed by atoms with Crippen LogP contribution in [0.5, 0.6) is 0 Å². The van der Waals surface area contributed by atoms with Gasteiger partial charge in [-0.3, -0.25) is 4.79 Å². The van der Waals surface area contributed by atoms with Crippen LogP contribution < -0.4 is 5.32 Å². The van der Waals surface area contributed by atoms with Gasteiger partial charge in [-0.05, 0) is 30.7 Å². The van der Waals surface area contributed by atoms with Crippen LogP contribution in [0.4, 0.5) is 4.39 Å². The van der Waals surface area contributed by atoms with Gasteiger partial charge in [-0.2, -0.15) is 0 Å². The number of hydrogen-bond acceptors (Lipinski definition) is 4. The molecule has 0 fully saturated rings. The van der Waals surface area contributed by atoms with E-state index in [4.69, 9.17) is 9.52 Å². The van der Waals surface area contributed by atoms with Crippen molar-refractivity contribution in [3.63, 3.8) is 0 Å². The molecule has 0 aliphatic rings. The molecule has 0 bridgehead atoms. The maximum atomic E-state index is 12.9. The van der Waals surface area contributed by atoms with Crippen LogP contribution in [-0.2, 0) is 4.79 Å². The van der Waals surface area contributed by atoms with Gasteiger partial charge in [0, 0.05) is 5.56 Å². The number of amides is 1. The maximum absolute atomic E-state index is 12.9. The third-order valence-electron chi connectivity index (χ3n) is 3.07. The Hall–Kier alpha value is -2.70. The minimum atomic E-state index is -1.11. The van der Waals surface area contributed by atoms with Crippen molar-refractivity contribution < 1.29 is 23.5 Å². The Morgan fingerprint density at radius 2 is 2.05 bits per heavy atom. The second-order valence-electron chi connectivity index (χ2n) is 4.69. The van der Waals surface area contributed by atoms with E-state index in [-0.39, 0.29) is 11.5 Å². The van der Waals surface area contributed by atoms with Crippen molar-refractivity contribution in [2.24, 2.45) is 0 Å². The Labute approximate surface area is 126 Å². The first-order valence-corrected chi connectivity index (χ1v) is 6.76. The number of benzene rings is 1. The van der Waals surface area contributed by atoms with Gasteiger partial charge in [0.15, 0.2) is 17.8 Å². The van der Waals surface area contributed by atoms with Gasteiger partial charge in [-0.15, -0.1) is 0 Å². The summed E-state index contributed by atoms with van der Waals surface area (Å²) in [6.45, 7) is 1.82. The van der Waals surface area contributed by atoms with Gasteiger partial charge in [-0.1, -0.05) is 13.3 Å². The van der Waals surface area contributed by atoms with Crippen LogP contribution in [-0.4, -0.2) is 28.0 Å². The summed E-state index contributed by atoms with van der Waals surface area (Å²) in [6, 6.07) is 4.38. The summed E-state index contributed by atoms with van der Waals surface area (Å²) in [5.74, 6) is -2.00. The molecular weight excluding hydrogens is 291 g/mol. The highest BCUT2D eigenvalue weighted by Gasteiger charge is 2.24. The van der Waals surface area contributed by atoms with Gasteiger partial charge in [0.25, 0.3) is 5.91 Å². The fourth-order valence-electron chi connectivity index (χ4n) is 1.99. The lowest BCUT2D eigenvalue weighted by Crippen LogP contribution is -2.40. The van der Waals surface area contributed by atoms with Gasteiger partial charge in [-0.25, -0.2) is 14.2 Å². The molecule has 7 heteroatoms. The average Bonchev–Trinajstić information content (AvgIpc) is 2.97. The molecular formula is C15H15FN2O4. The van der Waals surface area contributed by atoms with E-state index >= 15 is 0 Å². The van der Waals surface area contributed by atoms with E-state index < -0.39 is 23.7 Å². The fourth-order valence-corrected chi connectivity index (χ4v) is 1.99. The summed E-state index contributed by atoms with van der Waals surface area (Å²) in [6.07, 6.45) is 2.01. The standard InChI is InChI=1S/C15H15FN2O4/c1-2-3-11(15(20)21)18-14(19)12-13(22-8-17-12)9-4-6-10(16)7-5-9/h4-8,11H,2-3H2,1H3,(H,18,19)(H,20,21). The van der Waals surface area contributed by atoms with Gasteiger partial charge in [0.05, 0.1) is 0 Å². The number of aliphatic carboxylic acids is 1. The predicted molar refractivity (Wildman–Crippen MR) is 75.7 cm³/mol. The zero-order chi connectivity index (χ0) is 16.1. The zero-order valence-corrected chi connectivity index (χ0v) is 11.9. The van der Waals surface area contributed by atoms with Crippen LogP contribution in [0, 0.1) is 5.82 Å². The maximum Gasteiger partial charge on any atom is 0.326 e. The summed E-state index contributed by atoms with van der Waals surface area (Å²) in [5.41, 5.74) is 0.445. The van der Waals surface area contributed by atoms with E-state index in [0.29, 0.717) is 18.4 Å². The molecule has 6 nitrogen and oxygen atoms in total. The van der Waals surface area contributed by atoms with Crippen LogP contribution in [0.15, 0.2) is 35.1 Å². The van der Waals surface area contributed by atoms with Crippen LogP contribution >= 0.6 is 0 Å². The largest absolute Gasteiger partial charge is 0.480 e. The molecule has 2 aromatic rings. The van der Waals surface area contributed by atoms with E-state index in [2.05, 4.69) is 10.3 Å². The molecule has 1 aromatic carbocycles. The number of hydrogen-bond donors (Lipinski definition) is 2. The molecule has 116 valence electrons. The Bertz CT molecular complexity index is 666. The topological polar surface area (TPSA) is 92.4 Å². The van der Waals surface area contributed by atoms with Crippen LogP contribution in [0.1, 0.15) is 30.3 Å². The Morgan fingerprint density at radius 3 is 2.64 bits per heavy atom. The number of carbonyl (C=O) groups is 2. The van der Waals surface area contributed by atoms with Gasteiger partial charge in [0.2, 0.25) is 0 Å². The summed E-state index contributed by atoms with van der Waals surface area (Å²) in [5, 5.41) is 11.5. The van der Waals surface area contributed by atoms with Crippen molar-refractivity contribution in [1.82, 2.24) is 10.3 Å². The number of nitrogens with one attached hydrogen (secondary N) is 1. The number of carboxylic acid groups (broad SMARTS) is 1. The minimum Gasteiger partial charge on any atom is -0.480 e. The van der Waals surface area contributed by atoms with Gasteiger partial charge < -0.3 is 14.8 Å². The highest BCUT2D eigenvalue weighted by Crippen LogP contribution is 2.23. The van der Waals surface area contributed by atoms with Gasteiger partial charge >= 0.3 is 5.97 Å². The van der Waals surface area contributed by atoms with Crippen molar-refractivity contribution in [3.05, 3.63) is 42.2 Å². The molecule has 1 atom stereocenters. The molecule has 1 unspecified atom stereocenters.